The van der Waals surface area contributed by atoms with Crippen LogP contribution < -0.4 is 0 Å². The lowest BCUT2D eigenvalue weighted by Gasteiger charge is -2.12. The maximum atomic E-state index is 3.06. The first-order valence-corrected chi connectivity index (χ1v) is 2.61. The molecule has 0 amide bonds. The molecular formula is C7H6. The molecule has 0 heterocycles. The highest BCUT2D eigenvalue weighted by Crippen LogP contribution is 2.31. The van der Waals surface area contributed by atoms with Crippen molar-refractivity contribution in [2.24, 2.45) is 0 Å². The van der Waals surface area contributed by atoms with Crippen LogP contribution in [0.5, 0.6) is 0 Å². The summed E-state index contributed by atoms with van der Waals surface area (Å²) < 4.78 is 0. The molecule has 7 heavy (non-hydrogen) atoms. The zero-order valence-electron chi connectivity index (χ0n) is 4.07. The van der Waals surface area contributed by atoms with Gasteiger partial charge in [-0.15, -0.1) is 5.73 Å². The van der Waals surface area contributed by atoms with E-state index in [-0.39, 0.29) is 0 Å². The molecule has 0 nitrogen and oxygen atoms in total. The van der Waals surface area contributed by atoms with Crippen LogP contribution in [0.15, 0.2) is 29.0 Å². The fourth-order valence-corrected chi connectivity index (χ4v) is 0.986. The van der Waals surface area contributed by atoms with Gasteiger partial charge in [-0.05, 0) is 36.1 Å². The SMILES string of the molecule is C1=CC2=C(C=1)CC2. The van der Waals surface area contributed by atoms with Crippen LogP contribution in [0.4, 0.5) is 0 Å². The van der Waals surface area contributed by atoms with Crippen molar-refractivity contribution in [3.8, 4) is 0 Å². The van der Waals surface area contributed by atoms with Gasteiger partial charge in [-0.3, -0.25) is 0 Å². The van der Waals surface area contributed by atoms with E-state index in [1.165, 1.54) is 24.0 Å². The van der Waals surface area contributed by atoms with Crippen LogP contribution in [0.25, 0.3) is 0 Å². The van der Waals surface area contributed by atoms with E-state index in [1.54, 1.807) is 0 Å². The van der Waals surface area contributed by atoms with Crippen molar-refractivity contribution in [3.63, 3.8) is 0 Å². The summed E-state index contributed by atoms with van der Waals surface area (Å²) in [5.41, 5.74) is 6.09. The van der Waals surface area contributed by atoms with Crippen LogP contribution in [0.2, 0.25) is 0 Å². The van der Waals surface area contributed by atoms with Gasteiger partial charge < -0.3 is 0 Å². The first-order chi connectivity index (χ1) is 3.47. The first kappa shape index (κ1) is 3.29. The zero-order valence-corrected chi connectivity index (χ0v) is 4.07. The molecule has 2 rings (SSSR count). The van der Waals surface area contributed by atoms with Crippen LogP contribution in [-0.2, 0) is 0 Å². The predicted molar refractivity (Wildman–Crippen MR) is 28.9 cm³/mol. The van der Waals surface area contributed by atoms with E-state index in [0.717, 1.165) is 0 Å². The quantitative estimate of drug-likeness (QED) is 0.398. The second kappa shape index (κ2) is 0.907. The van der Waals surface area contributed by atoms with Gasteiger partial charge in [-0.1, -0.05) is 0 Å². The molecule has 34 valence electrons. The molecule has 0 aromatic heterocycles. The van der Waals surface area contributed by atoms with E-state index in [0.29, 0.717) is 0 Å². The molecule has 0 fully saturated rings. The van der Waals surface area contributed by atoms with E-state index in [1.807, 2.05) is 0 Å². The van der Waals surface area contributed by atoms with Gasteiger partial charge >= 0.3 is 0 Å². The highest BCUT2D eigenvalue weighted by molar-refractivity contribution is 5.45. The predicted octanol–water partition coefficient (Wildman–Crippen LogP) is 1.80. The van der Waals surface area contributed by atoms with E-state index in [4.69, 9.17) is 0 Å². The molecule has 0 unspecified atom stereocenters. The van der Waals surface area contributed by atoms with E-state index in [2.05, 4.69) is 17.9 Å². The summed E-state index contributed by atoms with van der Waals surface area (Å²) in [5.74, 6) is 0. The molecule has 0 N–H and O–H groups in total. The number of hydrogen-bond acceptors (Lipinski definition) is 0. The Morgan fingerprint density at radius 2 is 1.71 bits per heavy atom. The summed E-state index contributed by atoms with van der Waals surface area (Å²) >= 11 is 0. The Bertz CT molecular complexity index is 170. The average molecular weight is 90.1 g/mol. The molecule has 0 aliphatic heterocycles. The summed E-state index contributed by atoms with van der Waals surface area (Å²) in [6.07, 6.45) is 6.75. The molecule has 0 bridgehead atoms. The van der Waals surface area contributed by atoms with Crippen LogP contribution >= 0.6 is 0 Å². The smallest absolute Gasteiger partial charge is 0.0164 e. The Kier molecular flexibility index (Phi) is 0.426. The lowest BCUT2D eigenvalue weighted by Crippen LogP contribution is -1.94. The number of rotatable bonds is 0. The van der Waals surface area contributed by atoms with Crippen molar-refractivity contribution in [1.82, 2.24) is 0 Å². The van der Waals surface area contributed by atoms with Crippen LogP contribution in [0.1, 0.15) is 12.8 Å². The monoisotopic (exact) mass is 90.0 g/mol. The van der Waals surface area contributed by atoms with Gasteiger partial charge in [-0.2, -0.15) is 0 Å². The standard InChI is InChI=1S/C7H6/c1-2-6-4-5-7(6)3-1/h2-3H,4-5H2. The number of allylic oxidation sites excluding steroid dienone is 3. The molecule has 0 saturated heterocycles. The molecule has 0 spiro atoms. The maximum Gasteiger partial charge on any atom is -0.0164 e. The van der Waals surface area contributed by atoms with Crippen LogP contribution in [-0.4, -0.2) is 0 Å². The molecule has 2 aliphatic carbocycles. The average Bonchev–Trinajstić information content (AvgIpc) is 1.85. The van der Waals surface area contributed by atoms with Gasteiger partial charge in [0.2, 0.25) is 0 Å². The van der Waals surface area contributed by atoms with Crippen LogP contribution in [0, 0.1) is 0 Å². The largest absolute Gasteiger partial charge is 0.120 e. The fraction of sp³-hybridized carbons (Fsp3) is 0.286. The molecule has 0 radical (unpaired) electrons. The lowest BCUT2D eigenvalue weighted by atomic mass is 9.92. The fourth-order valence-electron chi connectivity index (χ4n) is 0.986. The molecule has 0 heteroatoms. The minimum absolute atomic E-state index is 1.29. The second-order valence-electron chi connectivity index (χ2n) is 2.01. The van der Waals surface area contributed by atoms with Gasteiger partial charge in [0.25, 0.3) is 0 Å². The topological polar surface area (TPSA) is 0 Å². The normalized spacial score (nSPS) is 22.9. The third kappa shape index (κ3) is 0.275. The van der Waals surface area contributed by atoms with Gasteiger partial charge in [0.1, 0.15) is 0 Å². The Labute approximate surface area is 42.8 Å². The molecule has 0 atom stereocenters. The third-order valence-corrected chi connectivity index (χ3v) is 1.59. The summed E-state index contributed by atoms with van der Waals surface area (Å²) in [6, 6.07) is 0. The molecule has 0 saturated carbocycles. The maximum absolute atomic E-state index is 3.06. The Morgan fingerprint density at radius 3 is 2.00 bits per heavy atom. The summed E-state index contributed by atoms with van der Waals surface area (Å²) in [5, 5.41) is 0. The number of hydrogen-bond donors (Lipinski definition) is 0. The Balaban J connectivity index is 2.56. The van der Waals surface area contributed by atoms with Crippen molar-refractivity contribution in [3.05, 3.63) is 29.0 Å². The van der Waals surface area contributed by atoms with Crippen molar-refractivity contribution in [2.75, 3.05) is 0 Å². The Hall–Kier alpha value is -0.740. The van der Waals surface area contributed by atoms with Crippen LogP contribution in [0.3, 0.4) is 0 Å². The van der Waals surface area contributed by atoms with E-state index in [9.17, 15) is 0 Å². The highest BCUT2D eigenvalue weighted by Gasteiger charge is 2.13. The Morgan fingerprint density at radius 1 is 1.14 bits per heavy atom. The van der Waals surface area contributed by atoms with Crippen molar-refractivity contribution in [1.29, 1.82) is 0 Å². The zero-order chi connectivity index (χ0) is 4.69. The van der Waals surface area contributed by atoms with Crippen molar-refractivity contribution >= 4 is 0 Å². The van der Waals surface area contributed by atoms with E-state index >= 15 is 0 Å². The summed E-state index contributed by atoms with van der Waals surface area (Å²) in [4.78, 5) is 0. The molecule has 0 aromatic carbocycles. The first-order valence-electron chi connectivity index (χ1n) is 2.61. The third-order valence-electron chi connectivity index (χ3n) is 1.59. The summed E-state index contributed by atoms with van der Waals surface area (Å²) in [6.45, 7) is 0. The molecular weight excluding hydrogens is 84.1 g/mol. The van der Waals surface area contributed by atoms with Gasteiger partial charge in [0.05, 0.1) is 0 Å². The molecule has 0 aromatic rings. The van der Waals surface area contributed by atoms with Crippen molar-refractivity contribution < 1.29 is 0 Å². The minimum Gasteiger partial charge on any atom is -0.120 e. The van der Waals surface area contributed by atoms with Crippen molar-refractivity contribution in [2.45, 2.75) is 12.8 Å². The van der Waals surface area contributed by atoms with E-state index < -0.39 is 0 Å². The second-order valence-corrected chi connectivity index (χ2v) is 2.01. The van der Waals surface area contributed by atoms with Gasteiger partial charge in [-0.25, -0.2) is 0 Å². The lowest BCUT2D eigenvalue weighted by molar-refractivity contribution is 0.865. The highest BCUT2D eigenvalue weighted by atomic mass is 14.2. The minimum atomic E-state index is 1.29. The molecule has 2 aliphatic rings. The summed E-state index contributed by atoms with van der Waals surface area (Å²) in [7, 11) is 0. The van der Waals surface area contributed by atoms with Gasteiger partial charge in [0, 0.05) is 0 Å². The van der Waals surface area contributed by atoms with Gasteiger partial charge in [0.15, 0.2) is 0 Å².